The molecule has 0 amide bonds. The molecule has 0 spiro atoms. The van der Waals surface area contributed by atoms with E-state index in [0.717, 1.165) is 11.5 Å². The molecule has 1 fully saturated rings. The van der Waals surface area contributed by atoms with Gasteiger partial charge in [-0.1, -0.05) is 80.1 Å². The zero-order valence-corrected chi connectivity index (χ0v) is 20.1. The van der Waals surface area contributed by atoms with Gasteiger partial charge >= 0.3 is 21.7 Å². The van der Waals surface area contributed by atoms with Gasteiger partial charge < -0.3 is 37.2 Å². The molecule has 2 unspecified atom stereocenters. The molecule has 3 rings (SSSR count). The molecule has 0 heterocycles. The van der Waals surface area contributed by atoms with Crippen LogP contribution >= 0.6 is 0 Å². The van der Waals surface area contributed by atoms with E-state index in [1.54, 1.807) is 10.8 Å². The molecule has 0 nitrogen and oxygen atoms in total. The Bertz CT molecular complexity index is 519. The fourth-order valence-electron chi connectivity index (χ4n) is 4.01. The molecule has 0 aromatic heterocycles. The van der Waals surface area contributed by atoms with E-state index in [9.17, 15) is 0 Å². The number of allylic oxidation sites excluding steroid dienone is 4. The van der Waals surface area contributed by atoms with Crippen LogP contribution in [0.2, 0.25) is 5.54 Å². The van der Waals surface area contributed by atoms with E-state index in [2.05, 4.69) is 55.5 Å². The number of hydrogen-bond acceptors (Lipinski definition) is 0. The van der Waals surface area contributed by atoms with Gasteiger partial charge in [0.1, 0.15) is 0 Å². The second-order valence-electron chi connectivity index (χ2n) is 6.59. The first-order valence-electron chi connectivity index (χ1n) is 8.65. The normalized spacial score (nSPS) is 20.7. The number of hydrogen-bond donors (Lipinski definition) is 0. The summed E-state index contributed by atoms with van der Waals surface area (Å²) in [4.78, 5) is 0. The molecule has 2 aliphatic rings. The van der Waals surface area contributed by atoms with Crippen molar-refractivity contribution in [2.45, 2.75) is 51.0 Å². The smallest absolute Gasteiger partial charge is 1.00 e. The van der Waals surface area contributed by atoms with Gasteiger partial charge in [0.25, 0.3) is 0 Å². The van der Waals surface area contributed by atoms with Gasteiger partial charge in [-0.05, 0) is 12.3 Å². The average molecular weight is 450 g/mol. The molecular formula is C20H27Cl3SiTi. The van der Waals surface area contributed by atoms with Crippen molar-refractivity contribution in [1.82, 2.24) is 0 Å². The minimum absolute atomic E-state index is 0. The predicted octanol–water partition coefficient (Wildman–Crippen LogP) is -4.66. The van der Waals surface area contributed by atoms with Gasteiger partial charge in [0, 0.05) is 9.52 Å². The predicted molar refractivity (Wildman–Crippen MR) is 95.7 cm³/mol. The topological polar surface area (TPSA) is 0 Å². The third-order valence-electron chi connectivity index (χ3n) is 5.08. The summed E-state index contributed by atoms with van der Waals surface area (Å²) in [6.07, 6.45) is 15.2. The van der Waals surface area contributed by atoms with Crippen molar-refractivity contribution < 1.29 is 58.9 Å². The van der Waals surface area contributed by atoms with E-state index in [0.29, 0.717) is 0 Å². The molecule has 25 heavy (non-hydrogen) atoms. The number of benzene rings is 1. The average Bonchev–Trinajstić information content (AvgIpc) is 2.86. The summed E-state index contributed by atoms with van der Waals surface area (Å²) in [7, 11) is -0.177. The first-order valence-corrected chi connectivity index (χ1v) is 10.2. The standard InChI is InChI=1S/C20H27Si.3ClH.Ti/c1-2-3-5-14-19-18-13-9-8-10-16(18)15-20(19)21-17-11-6-4-7-12-17;;;;/h4,6-9,11-13,16,20H,2-3,5,10,14-15,21H2,1H3;3*1H;/q-1;;;;+4/p-3. The Hall–Kier alpha value is 0.371. The van der Waals surface area contributed by atoms with Crippen LogP contribution in [-0.4, -0.2) is 9.52 Å². The molecule has 2 aliphatic carbocycles. The number of fused-ring (bicyclic) bond motifs is 1. The summed E-state index contributed by atoms with van der Waals surface area (Å²) in [6.45, 7) is 2.31. The molecule has 136 valence electrons. The quantitative estimate of drug-likeness (QED) is 0.233. The molecule has 0 aliphatic heterocycles. The van der Waals surface area contributed by atoms with Crippen LogP contribution in [0.15, 0.2) is 54.1 Å². The van der Waals surface area contributed by atoms with Crippen molar-refractivity contribution in [3.05, 3.63) is 60.1 Å². The van der Waals surface area contributed by atoms with Gasteiger partial charge in [-0.2, -0.15) is 0 Å². The van der Waals surface area contributed by atoms with Crippen molar-refractivity contribution in [2.75, 3.05) is 0 Å². The van der Waals surface area contributed by atoms with E-state index in [1.807, 2.05) is 5.92 Å². The minimum Gasteiger partial charge on any atom is -1.00 e. The Morgan fingerprint density at radius 2 is 1.80 bits per heavy atom. The van der Waals surface area contributed by atoms with Gasteiger partial charge in [0.05, 0.1) is 0 Å². The summed E-state index contributed by atoms with van der Waals surface area (Å²) in [5, 5.41) is 1.64. The van der Waals surface area contributed by atoms with Crippen molar-refractivity contribution in [3.8, 4) is 0 Å². The van der Waals surface area contributed by atoms with Crippen molar-refractivity contribution in [1.29, 1.82) is 0 Å². The largest absolute Gasteiger partial charge is 4.00 e. The molecule has 1 saturated carbocycles. The Kier molecular flexibility index (Phi) is 15.9. The minimum atomic E-state index is -0.177. The van der Waals surface area contributed by atoms with Crippen LogP contribution in [0.5, 0.6) is 0 Å². The van der Waals surface area contributed by atoms with Crippen LogP contribution in [0.3, 0.4) is 0 Å². The van der Waals surface area contributed by atoms with E-state index < -0.39 is 0 Å². The Balaban J connectivity index is 0. The second kappa shape index (κ2) is 14.4. The number of halogens is 3. The van der Waals surface area contributed by atoms with Crippen LogP contribution in [-0.2, 0) is 21.7 Å². The maximum atomic E-state index is 2.43. The molecule has 0 saturated heterocycles. The van der Waals surface area contributed by atoms with E-state index in [-0.39, 0.29) is 68.5 Å². The van der Waals surface area contributed by atoms with Gasteiger partial charge in [-0.3, -0.25) is 0 Å². The summed E-state index contributed by atoms with van der Waals surface area (Å²) in [5.41, 5.74) is 2.64. The van der Waals surface area contributed by atoms with E-state index >= 15 is 0 Å². The van der Waals surface area contributed by atoms with Gasteiger partial charge in [-0.25, -0.2) is 17.6 Å². The molecule has 0 N–H and O–H groups in total. The molecule has 0 bridgehead atoms. The Morgan fingerprint density at radius 1 is 1.08 bits per heavy atom. The van der Waals surface area contributed by atoms with Crippen molar-refractivity contribution in [3.63, 3.8) is 0 Å². The SMILES string of the molecule is CCCCC[C-]1C2=CC=CCC2CC1[SiH2]c1ccccc1.[Cl-].[Cl-].[Cl-].[Ti+4]. The second-order valence-corrected chi connectivity index (χ2v) is 8.80. The van der Waals surface area contributed by atoms with Crippen LogP contribution in [0.4, 0.5) is 0 Å². The third-order valence-corrected chi connectivity index (χ3v) is 7.34. The van der Waals surface area contributed by atoms with Crippen molar-refractivity contribution >= 4 is 14.7 Å². The maximum absolute atomic E-state index is 2.43. The molecule has 0 radical (unpaired) electrons. The van der Waals surface area contributed by atoms with Gasteiger partial charge in [0.15, 0.2) is 0 Å². The van der Waals surface area contributed by atoms with Gasteiger partial charge in [0.2, 0.25) is 0 Å². The third kappa shape index (κ3) is 7.48. The number of unbranched alkanes of at least 4 members (excludes halogenated alkanes) is 2. The zero-order chi connectivity index (χ0) is 14.5. The van der Waals surface area contributed by atoms with Crippen molar-refractivity contribution in [2.24, 2.45) is 5.92 Å². The molecular weight excluding hydrogens is 423 g/mol. The summed E-state index contributed by atoms with van der Waals surface area (Å²) in [5.74, 6) is 2.68. The van der Waals surface area contributed by atoms with E-state index in [4.69, 9.17) is 0 Å². The zero-order valence-electron chi connectivity index (χ0n) is 14.9. The van der Waals surface area contributed by atoms with Crippen LogP contribution in [0.1, 0.15) is 45.4 Å². The van der Waals surface area contributed by atoms with Gasteiger partial charge in [-0.15, -0.1) is 12.2 Å². The fraction of sp³-hybridized carbons (Fsp3) is 0.450. The molecule has 2 atom stereocenters. The molecule has 1 aromatic rings. The monoisotopic (exact) mass is 448 g/mol. The molecule has 5 heteroatoms. The fourth-order valence-corrected chi connectivity index (χ4v) is 6.38. The van der Waals surface area contributed by atoms with Crippen LogP contribution in [0, 0.1) is 11.8 Å². The first kappa shape index (κ1) is 27.6. The van der Waals surface area contributed by atoms with Crippen LogP contribution in [0.25, 0.3) is 0 Å². The summed E-state index contributed by atoms with van der Waals surface area (Å²) >= 11 is 0. The summed E-state index contributed by atoms with van der Waals surface area (Å²) < 4.78 is 0. The molecule has 1 aromatic carbocycles. The Morgan fingerprint density at radius 3 is 2.48 bits per heavy atom. The first-order chi connectivity index (χ1) is 10.4. The van der Waals surface area contributed by atoms with E-state index in [1.165, 1.54) is 38.5 Å². The van der Waals surface area contributed by atoms with Crippen LogP contribution < -0.4 is 42.4 Å². The summed E-state index contributed by atoms with van der Waals surface area (Å²) in [6, 6.07) is 11.3. The Labute approximate surface area is 189 Å². The number of rotatable bonds is 6. The maximum Gasteiger partial charge on any atom is 4.00 e.